The summed E-state index contributed by atoms with van der Waals surface area (Å²) < 4.78 is 18.5. The number of aromatic nitrogens is 4. The van der Waals surface area contributed by atoms with E-state index in [9.17, 15) is 9.59 Å². The van der Waals surface area contributed by atoms with Crippen molar-refractivity contribution in [1.29, 1.82) is 0 Å². The zero-order valence-corrected chi connectivity index (χ0v) is 22.2. The number of aryl methyl sites for hydroxylation is 1. The average molecular weight is 548 g/mol. The number of hydrogen-bond donors (Lipinski definition) is 0. The molecule has 11 heteroatoms. The molecular formula is C28H26ClN5O5. The number of fused-ring (bicyclic) bond motifs is 2. The number of piperidine rings is 1. The van der Waals surface area contributed by atoms with E-state index >= 15 is 0 Å². The lowest BCUT2D eigenvalue weighted by molar-refractivity contribution is 0.0940. The predicted molar refractivity (Wildman–Crippen MR) is 144 cm³/mol. The highest BCUT2D eigenvalue weighted by Gasteiger charge is 2.39. The van der Waals surface area contributed by atoms with Crippen LogP contribution in [-0.4, -0.2) is 63.1 Å². The van der Waals surface area contributed by atoms with Gasteiger partial charge < -0.3 is 19.1 Å². The Morgan fingerprint density at radius 2 is 1.92 bits per heavy atom. The van der Waals surface area contributed by atoms with Gasteiger partial charge in [0.1, 0.15) is 24.3 Å². The molecule has 2 fully saturated rings. The summed E-state index contributed by atoms with van der Waals surface area (Å²) in [4.78, 5) is 32.2. The predicted octanol–water partition coefficient (Wildman–Crippen LogP) is 4.23. The van der Waals surface area contributed by atoms with Crippen LogP contribution in [-0.2, 0) is 11.3 Å². The molecular weight excluding hydrogens is 522 g/mol. The Morgan fingerprint density at radius 1 is 1.10 bits per heavy atom. The van der Waals surface area contributed by atoms with Crippen LogP contribution >= 0.6 is 11.6 Å². The van der Waals surface area contributed by atoms with Crippen molar-refractivity contribution in [3.05, 3.63) is 75.3 Å². The first-order valence-electron chi connectivity index (χ1n) is 12.7. The van der Waals surface area contributed by atoms with Gasteiger partial charge in [0, 0.05) is 36.0 Å². The monoisotopic (exact) mass is 547 g/mol. The quantitative estimate of drug-likeness (QED) is 0.353. The van der Waals surface area contributed by atoms with Gasteiger partial charge in [-0.2, -0.15) is 0 Å². The number of benzene rings is 2. The van der Waals surface area contributed by atoms with E-state index in [0.29, 0.717) is 77.2 Å². The molecule has 0 aliphatic carbocycles. The van der Waals surface area contributed by atoms with Gasteiger partial charge in [-0.25, -0.2) is 9.78 Å². The van der Waals surface area contributed by atoms with Crippen molar-refractivity contribution in [3.63, 3.8) is 0 Å². The van der Waals surface area contributed by atoms with Crippen molar-refractivity contribution in [3.8, 4) is 22.9 Å². The summed E-state index contributed by atoms with van der Waals surface area (Å²) in [5.41, 5.74) is 2.53. The molecule has 2 saturated heterocycles. The van der Waals surface area contributed by atoms with Crippen LogP contribution in [0.4, 0.5) is 4.79 Å². The van der Waals surface area contributed by atoms with Crippen molar-refractivity contribution in [2.75, 3.05) is 20.3 Å². The standard InChI is InChI=1S/C28H26ClN5O5/c1-16-30-24-12-21(23-7-8-26(37-2)32-31-23)25(39-20-9-10-33-19(11-20)15-38-28(33)36)13-22(24)27(35)34(16)14-17-3-5-18(29)6-4-17/h3-8,12-13,19-20H,9-11,14-15H2,1-2H3/t19-,20-/m0/s1. The van der Waals surface area contributed by atoms with Crippen LogP contribution in [0.3, 0.4) is 0 Å². The summed E-state index contributed by atoms with van der Waals surface area (Å²) in [5.74, 6) is 1.48. The molecule has 2 aromatic carbocycles. The van der Waals surface area contributed by atoms with Crippen LogP contribution in [0.15, 0.2) is 53.3 Å². The molecule has 0 spiro atoms. The van der Waals surface area contributed by atoms with E-state index in [4.69, 9.17) is 30.8 Å². The van der Waals surface area contributed by atoms with Gasteiger partial charge in [0.15, 0.2) is 0 Å². The Labute approximate surface area is 229 Å². The Morgan fingerprint density at radius 3 is 2.67 bits per heavy atom. The molecule has 1 amide bonds. The highest BCUT2D eigenvalue weighted by atomic mass is 35.5. The first-order valence-corrected chi connectivity index (χ1v) is 13.0. The van der Waals surface area contributed by atoms with E-state index in [1.165, 1.54) is 7.11 Å². The lowest BCUT2D eigenvalue weighted by Crippen LogP contribution is -2.44. The van der Waals surface area contributed by atoms with Crippen LogP contribution in [0.2, 0.25) is 5.02 Å². The fourth-order valence-electron chi connectivity index (χ4n) is 5.14. The van der Waals surface area contributed by atoms with Crippen molar-refractivity contribution in [1.82, 2.24) is 24.6 Å². The molecule has 0 unspecified atom stereocenters. The molecule has 4 heterocycles. The van der Waals surface area contributed by atoms with E-state index in [1.807, 2.05) is 25.1 Å². The number of amides is 1. The number of nitrogens with zero attached hydrogens (tertiary/aromatic N) is 5. The average Bonchev–Trinajstić information content (AvgIpc) is 3.32. The van der Waals surface area contributed by atoms with Gasteiger partial charge in [-0.3, -0.25) is 9.36 Å². The Kier molecular flexibility index (Phi) is 6.56. The molecule has 200 valence electrons. The molecule has 2 atom stereocenters. The topological polar surface area (TPSA) is 109 Å². The second-order valence-electron chi connectivity index (χ2n) is 9.69. The minimum absolute atomic E-state index is 0.0261. The molecule has 6 rings (SSSR count). The lowest BCUT2D eigenvalue weighted by atomic mass is 10.0. The third-order valence-corrected chi connectivity index (χ3v) is 7.47. The molecule has 4 aromatic rings. The molecule has 0 N–H and O–H groups in total. The summed E-state index contributed by atoms with van der Waals surface area (Å²) >= 11 is 6.03. The van der Waals surface area contributed by atoms with Crippen molar-refractivity contribution >= 4 is 28.6 Å². The van der Waals surface area contributed by atoms with E-state index in [2.05, 4.69) is 10.2 Å². The number of halogens is 1. The maximum atomic E-state index is 13.7. The largest absolute Gasteiger partial charge is 0.490 e. The lowest BCUT2D eigenvalue weighted by Gasteiger charge is -2.33. The second-order valence-corrected chi connectivity index (χ2v) is 10.1. The zero-order chi connectivity index (χ0) is 27.1. The minimum atomic E-state index is -0.277. The van der Waals surface area contributed by atoms with Crippen LogP contribution in [0.1, 0.15) is 24.2 Å². The summed E-state index contributed by atoms with van der Waals surface area (Å²) in [5, 5.41) is 9.50. The van der Waals surface area contributed by atoms with E-state index in [0.717, 1.165) is 5.56 Å². The van der Waals surface area contributed by atoms with Crippen LogP contribution in [0, 0.1) is 6.92 Å². The second kappa shape index (κ2) is 10.2. The van der Waals surface area contributed by atoms with Crippen LogP contribution < -0.4 is 15.0 Å². The fourth-order valence-corrected chi connectivity index (χ4v) is 5.26. The summed E-state index contributed by atoms with van der Waals surface area (Å²) in [6, 6.07) is 14.4. The Bertz CT molecular complexity index is 1610. The van der Waals surface area contributed by atoms with Crippen molar-refractivity contribution < 1.29 is 19.0 Å². The third kappa shape index (κ3) is 4.87. The first kappa shape index (κ1) is 25.1. The molecule has 10 nitrogen and oxygen atoms in total. The van der Waals surface area contributed by atoms with Gasteiger partial charge in [0.25, 0.3) is 5.56 Å². The van der Waals surface area contributed by atoms with Gasteiger partial charge in [0.2, 0.25) is 5.88 Å². The number of carbonyl (C=O) groups is 1. The number of cyclic esters (lactones) is 1. The minimum Gasteiger partial charge on any atom is -0.490 e. The number of methoxy groups -OCH3 is 1. The third-order valence-electron chi connectivity index (χ3n) is 7.22. The summed E-state index contributed by atoms with van der Waals surface area (Å²) in [6.45, 7) is 3.08. The maximum absolute atomic E-state index is 13.7. The zero-order valence-electron chi connectivity index (χ0n) is 21.5. The highest BCUT2D eigenvalue weighted by Crippen LogP contribution is 2.35. The molecule has 2 aromatic heterocycles. The fraction of sp³-hybridized carbons (Fsp3) is 0.321. The van der Waals surface area contributed by atoms with Crippen LogP contribution in [0.5, 0.6) is 11.6 Å². The molecule has 2 aliphatic rings. The van der Waals surface area contributed by atoms with Gasteiger partial charge in [-0.15, -0.1) is 10.2 Å². The molecule has 0 radical (unpaired) electrons. The van der Waals surface area contributed by atoms with Gasteiger partial charge in [0.05, 0.1) is 36.3 Å². The van der Waals surface area contributed by atoms with Gasteiger partial charge >= 0.3 is 6.09 Å². The van der Waals surface area contributed by atoms with Gasteiger partial charge in [-0.05, 0) is 42.8 Å². The van der Waals surface area contributed by atoms with Crippen molar-refractivity contribution in [2.45, 2.75) is 38.5 Å². The van der Waals surface area contributed by atoms with Crippen molar-refractivity contribution in [2.24, 2.45) is 0 Å². The van der Waals surface area contributed by atoms with E-state index < -0.39 is 0 Å². The summed E-state index contributed by atoms with van der Waals surface area (Å²) in [6.07, 6.45) is 0.827. The number of rotatable bonds is 6. The smallest absolute Gasteiger partial charge is 0.410 e. The SMILES string of the molecule is COc1ccc(-c2cc3nc(C)n(Cc4ccc(Cl)cc4)c(=O)c3cc2O[C@H]2CCN3C(=O)OC[C@@H]3C2)nn1. The number of carbonyl (C=O) groups excluding carboxylic acids is 1. The van der Waals surface area contributed by atoms with E-state index in [1.54, 1.807) is 39.8 Å². The summed E-state index contributed by atoms with van der Waals surface area (Å²) in [7, 11) is 1.53. The molecule has 39 heavy (non-hydrogen) atoms. The van der Waals surface area contributed by atoms with Gasteiger partial charge in [-0.1, -0.05) is 23.7 Å². The molecule has 0 saturated carbocycles. The Hall–Kier alpha value is -4.18. The van der Waals surface area contributed by atoms with E-state index in [-0.39, 0.29) is 23.8 Å². The number of ether oxygens (including phenoxy) is 3. The molecule has 0 bridgehead atoms. The highest BCUT2D eigenvalue weighted by molar-refractivity contribution is 6.30. The maximum Gasteiger partial charge on any atom is 0.410 e. The first-order chi connectivity index (χ1) is 18.9. The Balaban J connectivity index is 1.41. The van der Waals surface area contributed by atoms with Crippen LogP contribution in [0.25, 0.3) is 22.2 Å². The normalized spacial score (nSPS) is 18.6. The molecule has 2 aliphatic heterocycles. The number of hydrogen-bond acceptors (Lipinski definition) is 8.